The molecule has 0 spiro atoms. The Morgan fingerprint density at radius 3 is 2.60 bits per heavy atom. The molecule has 0 bridgehead atoms. The van der Waals surface area contributed by atoms with E-state index in [9.17, 15) is 4.79 Å². The number of rotatable bonds is 4. The minimum atomic E-state index is -0.0139. The molecule has 0 aliphatic heterocycles. The lowest BCUT2D eigenvalue weighted by Crippen LogP contribution is -2.31. The summed E-state index contributed by atoms with van der Waals surface area (Å²) in [5.74, 6) is -0.0139. The van der Waals surface area contributed by atoms with Crippen LogP contribution in [0.25, 0.3) is 0 Å². The Bertz CT molecular complexity index is 346. The maximum Gasteiger partial charge on any atom is 0.263 e. The summed E-state index contributed by atoms with van der Waals surface area (Å²) in [6.45, 7) is 5.30. The molecule has 1 N–H and O–H groups in total. The lowest BCUT2D eigenvalue weighted by atomic mass is 10.3. The summed E-state index contributed by atoms with van der Waals surface area (Å²) < 4.78 is 0. The van der Waals surface area contributed by atoms with Crippen molar-refractivity contribution in [3.8, 4) is 0 Å². The van der Waals surface area contributed by atoms with Crippen LogP contribution in [-0.2, 0) is 0 Å². The van der Waals surface area contributed by atoms with Gasteiger partial charge in [0.25, 0.3) is 5.91 Å². The van der Waals surface area contributed by atoms with Crippen molar-refractivity contribution in [2.45, 2.75) is 13.8 Å². The van der Waals surface area contributed by atoms with E-state index >= 15 is 0 Å². The molecule has 1 aromatic heterocycles. The number of hydrogen-bond acceptors (Lipinski definition) is 4. The van der Waals surface area contributed by atoms with Crippen LogP contribution in [0.2, 0.25) is 0 Å². The molecule has 1 aromatic rings. The zero-order chi connectivity index (χ0) is 11.4. The van der Waals surface area contributed by atoms with Gasteiger partial charge in [-0.15, -0.1) is 11.3 Å². The number of likely N-dealkylation sites (N-methyl/N-ethyl adjacent to an activating group) is 1. The number of aryl methyl sites for hydroxylation is 2. The Balaban J connectivity index is 2.50. The molecular formula is C10H17N3OS. The molecule has 1 amide bonds. The maximum atomic E-state index is 11.7. The first-order chi connectivity index (χ1) is 7.00. The van der Waals surface area contributed by atoms with Gasteiger partial charge < -0.3 is 10.2 Å². The molecule has 0 atom stereocenters. The minimum absolute atomic E-state index is 0.0139. The fourth-order valence-corrected chi connectivity index (χ4v) is 2.05. The Labute approximate surface area is 94.3 Å². The van der Waals surface area contributed by atoms with E-state index in [2.05, 4.69) is 10.3 Å². The molecule has 1 rings (SSSR count). The second-order valence-corrected chi connectivity index (χ2v) is 4.91. The molecule has 0 saturated heterocycles. The van der Waals surface area contributed by atoms with Gasteiger partial charge >= 0.3 is 0 Å². The summed E-state index contributed by atoms with van der Waals surface area (Å²) in [6.07, 6.45) is 0. The van der Waals surface area contributed by atoms with E-state index in [4.69, 9.17) is 0 Å². The van der Waals surface area contributed by atoms with E-state index in [-0.39, 0.29) is 5.91 Å². The highest BCUT2D eigenvalue weighted by atomic mass is 32.1. The van der Waals surface area contributed by atoms with Gasteiger partial charge in [0.1, 0.15) is 4.88 Å². The highest BCUT2D eigenvalue weighted by Gasteiger charge is 2.12. The number of nitrogens with zero attached hydrogens (tertiary/aromatic N) is 2. The second kappa shape index (κ2) is 5.23. The van der Waals surface area contributed by atoms with Crippen molar-refractivity contribution in [1.82, 2.24) is 15.2 Å². The Morgan fingerprint density at radius 2 is 2.13 bits per heavy atom. The average Bonchev–Trinajstić information content (AvgIpc) is 2.44. The number of carbonyl (C=O) groups is 1. The standard InChI is InChI=1S/C10H17N3OS/c1-7-9(15-8(2)12-7)10(14)11-5-6-13(3)4/h5-6H2,1-4H3,(H,11,14). The molecule has 5 heteroatoms. The SMILES string of the molecule is Cc1nc(C)c(C(=O)NCCN(C)C)s1. The van der Waals surface area contributed by atoms with Gasteiger partial charge in [0, 0.05) is 13.1 Å². The van der Waals surface area contributed by atoms with Crippen LogP contribution >= 0.6 is 11.3 Å². The molecular weight excluding hydrogens is 210 g/mol. The number of hydrogen-bond donors (Lipinski definition) is 1. The smallest absolute Gasteiger partial charge is 0.263 e. The number of amides is 1. The number of thiazole rings is 1. The maximum absolute atomic E-state index is 11.7. The predicted octanol–water partition coefficient (Wildman–Crippen LogP) is 1.05. The van der Waals surface area contributed by atoms with Crippen molar-refractivity contribution in [2.75, 3.05) is 27.2 Å². The molecule has 0 aromatic carbocycles. The van der Waals surface area contributed by atoms with E-state index in [0.717, 1.165) is 22.1 Å². The van der Waals surface area contributed by atoms with Crippen LogP contribution in [0.15, 0.2) is 0 Å². The molecule has 15 heavy (non-hydrogen) atoms. The Morgan fingerprint density at radius 1 is 1.47 bits per heavy atom. The largest absolute Gasteiger partial charge is 0.350 e. The van der Waals surface area contributed by atoms with E-state index in [1.807, 2.05) is 32.8 Å². The first-order valence-corrected chi connectivity index (χ1v) is 5.69. The van der Waals surface area contributed by atoms with Crippen molar-refractivity contribution < 1.29 is 4.79 Å². The van der Waals surface area contributed by atoms with Crippen LogP contribution in [0, 0.1) is 13.8 Å². The second-order valence-electron chi connectivity index (χ2n) is 3.71. The minimum Gasteiger partial charge on any atom is -0.350 e. The zero-order valence-corrected chi connectivity index (χ0v) is 10.4. The van der Waals surface area contributed by atoms with Crippen molar-refractivity contribution in [3.05, 3.63) is 15.6 Å². The van der Waals surface area contributed by atoms with Crippen LogP contribution < -0.4 is 5.32 Å². The van der Waals surface area contributed by atoms with Crippen LogP contribution in [-0.4, -0.2) is 43.0 Å². The molecule has 4 nitrogen and oxygen atoms in total. The van der Waals surface area contributed by atoms with E-state index in [0.29, 0.717) is 6.54 Å². The van der Waals surface area contributed by atoms with Gasteiger partial charge in [-0.2, -0.15) is 0 Å². The summed E-state index contributed by atoms with van der Waals surface area (Å²) in [5, 5.41) is 3.81. The van der Waals surface area contributed by atoms with Crippen LogP contribution in [0.1, 0.15) is 20.4 Å². The summed E-state index contributed by atoms with van der Waals surface area (Å²) in [7, 11) is 3.96. The van der Waals surface area contributed by atoms with Gasteiger partial charge in [0.05, 0.1) is 10.7 Å². The lowest BCUT2D eigenvalue weighted by molar-refractivity contribution is 0.0954. The first kappa shape index (κ1) is 12.1. The molecule has 0 fully saturated rings. The molecule has 84 valence electrons. The lowest BCUT2D eigenvalue weighted by Gasteiger charge is -2.09. The van der Waals surface area contributed by atoms with Crippen molar-refractivity contribution in [3.63, 3.8) is 0 Å². The summed E-state index contributed by atoms with van der Waals surface area (Å²) in [4.78, 5) is 18.7. The van der Waals surface area contributed by atoms with Gasteiger partial charge in [0.2, 0.25) is 0 Å². The van der Waals surface area contributed by atoms with E-state index in [1.165, 1.54) is 11.3 Å². The van der Waals surface area contributed by atoms with Crippen molar-refractivity contribution in [1.29, 1.82) is 0 Å². The molecule has 0 saturated carbocycles. The highest BCUT2D eigenvalue weighted by Crippen LogP contribution is 2.16. The highest BCUT2D eigenvalue weighted by molar-refractivity contribution is 7.13. The molecule has 0 aliphatic carbocycles. The fourth-order valence-electron chi connectivity index (χ4n) is 1.22. The third-order valence-corrected chi connectivity index (χ3v) is 3.03. The number of carbonyl (C=O) groups excluding carboxylic acids is 1. The van der Waals surface area contributed by atoms with Crippen molar-refractivity contribution >= 4 is 17.2 Å². The van der Waals surface area contributed by atoms with Gasteiger partial charge in [-0.25, -0.2) is 4.98 Å². The monoisotopic (exact) mass is 227 g/mol. The normalized spacial score (nSPS) is 10.7. The fraction of sp³-hybridized carbons (Fsp3) is 0.600. The number of nitrogens with one attached hydrogen (secondary N) is 1. The molecule has 0 unspecified atom stereocenters. The van der Waals surface area contributed by atoms with Crippen LogP contribution in [0.3, 0.4) is 0 Å². The summed E-state index contributed by atoms with van der Waals surface area (Å²) in [5.41, 5.74) is 0.819. The third kappa shape index (κ3) is 3.60. The quantitative estimate of drug-likeness (QED) is 0.836. The number of aromatic nitrogens is 1. The summed E-state index contributed by atoms with van der Waals surface area (Å²) in [6, 6.07) is 0. The molecule has 1 heterocycles. The zero-order valence-electron chi connectivity index (χ0n) is 9.63. The van der Waals surface area contributed by atoms with Crippen molar-refractivity contribution in [2.24, 2.45) is 0 Å². The molecule has 0 aliphatic rings. The van der Waals surface area contributed by atoms with E-state index in [1.54, 1.807) is 0 Å². The summed E-state index contributed by atoms with van der Waals surface area (Å²) >= 11 is 1.44. The van der Waals surface area contributed by atoms with E-state index < -0.39 is 0 Å². The third-order valence-electron chi connectivity index (χ3n) is 1.95. The topological polar surface area (TPSA) is 45.2 Å². The van der Waals surface area contributed by atoms with Gasteiger partial charge in [-0.1, -0.05) is 0 Å². The predicted molar refractivity (Wildman–Crippen MR) is 62.5 cm³/mol. The molecule has 0 radical (unpaired) electrons. The van der Waals surface area contributed by atoms with Gasteiger partial charge in [-0.05, 0) is 27.9 Å². The van der Waals surface area contributed by atoms with Gasteiger partial charge in [0.15, 0.2) is 0 Å². The van der Waals surface area contributed by atoms with Crippen LogP contribution in [0.5, 0.6) is 0 Å². The van der Waals surface area contributed by atoms with Gasteiger partial charge in [-0.3, -0.25) is 4.79 Å². The Hall–Kier alpha value is -0.940. The first-order valence-electron chi connectivity index (χ1n) is 4.87. The average molecular weight is 227 g/mol. The Kier molecular flexibility index (Phi) is 4.23. The van der Waals surface area contributed by atoms with Crippen LogP contribution in [0.4, 0.5) is 0 Å².